The second-order valence-electron chi connectivity index (χ2n) is 1.82. The summed E-state index contributed by atoms with van der Waals surface area (Å²) in [5.74, 6) is -1.31. The molecular formula is C10H15BO3. The average Bonchev–Trinajstić information content (AvgIpc) is 2.24. The maximum atomic E-state index is 10.3. The fourth-order valence-corrected chi connectivity index (χ4v) is 0.654. The maximum Gasteiger partial charge on any atom is 0.339 e. The Hall–Kier alpha value is -1.45. The molecule has 0 amide bonds. The van der Waals surface area contributed by atoms with E-state index < -0.39 is 5.97 Å². The van der Waals surface area contributed by atoms with Gasteiger partial charge in [-0.15, -0.1) is 0 Å². The Bertz CT molecular complexity index is 261. The predicted molar refractivity (Wildman–Crippen MR) is 58.0 cm³/mol. The van der Waals surface area contributed by atoms with E-state index in [1.807, 2.05) is 13.8 Å². The summed E-state index contributed by atoms with van der Waals surface area (Å²) < 4.78 is 0. The van der Waals surface area contributed by atoms with E-state index >= 15 is 0 Å². The number of benzene rings is 1. The number of phenols is 1. The first-order valence-corrected chi connectivity index (χ1v) is 4.31. The molecule has 0 aliphatic rings. The van der Waals surface area contributed by atoms with Crippen LogP contribution in [0.3, 0.4) is 0 Å². The monoisotopic (exact) mass is 194 g/mol. The molecule has 2 radical (unpaired) electrons. The van der Waals surface area contributed by atoms with Crippen molar-refractivity contribution in [2.75, 3.05) is 0 Å². The topological polar surface area (TPSA) is 57.5 Å². The van der Waals surface area contributed by atoms with Crippen LogP contribution in [0.25, 0.3) is 0 Å². The summed E-state index contributed by atoms with van der Waals surface area (Å²) in [4.78, 5) is 10.3. The summed E-state index contributed by atoms with van der Waals surface area (Å²) in [6.07, 6.45) is 0. The average molecular weight is 194 g/mol. The van der Waals surface area contributed by atoms with Gasteiger partial charge in [-0.2, -0.15) is 0 Å². The van der Waals surface area contributed by atoms with E-state index in [1.54, 1.807) is 12.1 Å². The van der Waals surface area contributed by atoms with Crippen LogP contribution in [-0.2, 0) is 0 Å². The zero-order valence-electron chi connectivity index (χ0n) is 8.69. The highest BCUT2D eigenvalue weighted by Crippen LogP contribution is 2.14. The standard InChI is InChI=1S/C7H6O3.C2H6.CH3B/c8-6-4-2-1-3-5(6)7(9)10;2*1-2/h1-4,8H,(H,9,10);1-2H3;1H3. The van der Waals surface area contributed by atoms with Crippen molar-refractivity contribution in [1.82, 2.24) is 0 Å². The van der Waals surface area contributed by atoms with Gasteiger partial charge in [0.2, 0.25) is 0 Å². The minimum absolute atomic E-state index is 0.0671. The van der Waals surface area contributed by atoms with Crippen molar-refractivity contribution in [2.45, 2.75) is 20.7 Å². The fraction of sp³-hybridized carbons (Fsp3) is 0.300. The highest BCUT2D eigenvalue weighted by atomic mass is 16.4. The van der Waals surface area contributed by atoms with Crippen LogP contribution in [0.5, 0.6) is 5.75 Å². The first-order valence-electron chi connectivity index (χ1n) is 4.31. The van der Waals surface area contributed by atoms with Crippen LogP contribution < -0.4 is 0 Å². The Balaban J connectivity index is 0. The number of rotatable bonds is 1. The molecule has 0 atom stereocenters. The number of carboxylic acid groups (broad SMARTS) is 1. The zero-order chi connectivity index (χ0) is 11.6. The molecule has 0 unspecified atom stereocenters. The molecule has 4 heteroatoms. The normalized spacial score (nSPS) is 7.36. The molecule has 0 saturated carbocycles. The largest absolute Gasteiger partial charge is 0.507 e. The molecule has 14 heavy (non-hydrogen) atoms. The fourth-order valence-electron chi connectivity index (χ4n) is 0.654. The maximum absolute atomic E-state index is 10.3. The number of hydrogen-bond donors (Lipinski definition) is 2. The Morgan fingerprint density at radius 1 is 1.21 bits per heavy atom. The van der Waals surface area contributed by atoms with Crippen LogP contribution in [0.15, 0.2) is 24.3 Å². The number of para-hydroxylation sites is 1. The first kappa shape index (κ1) is 15.0. The van der Waals surface area contributed by atoms with E-state index in [0.29, 0.717) is 0 Å². The van der Waals surface area contributed by atoms with Gasteiger partial charge in [0, 0.05) is 0 Å². The molecule has 0 aliphatic heterocycles. The summed E-state index contributed by atoms with van der Waals surface area (Å²) in [5, 5.41) is 17.3. The zero-order valence-corrected chi connectivity index (χ0v) is 8.69. The Morgan fingerprint density at radius 3 is 1.93 bits per heavy atom. The third-order valence-electron chi connectivity index (χ3n) is 1.13. The van der Waals surface area contributed by atoms with Gasteiger partial charge in [0.05, 0.1) is 7.85 Å². The van der Waals surface area contributed by atoms with Gasteiger partial charge in [0.1, 0.15) is 11.3 Å². The molecule has 1 rings (SSSR count). The second kappa shape index (κ2) is 9.64. The highest BCUT2D eigenvalue weighted by molar-refractivity contribution is 6.05. The van der Waals surface area contributed by atoms with Crippen molar-refractivity contribution in [3.8, 4) is 5.75 Å². The van der Waals surface area contributed by atoms with Crippen LogP contribution in [0.2, 0.25) is 6.82 Å². The lowest BCUT2D eigenvalue weighted by Gasteiger charge is -1.95. The molecule has 0 heterocycles. The van der Waals surface area contributed by atoms with Gasteiger partial charge in [-0.1, -0.05) is 32.8 Å². The Labute approximate surface area is 85.8 Å². The van der Waals surface area contributed by atoms with Crippen molar-refractivity contribution < 1.29 is 15.0 Å². The van der Waals surface area contributed by atoms with Crippen LogP contribution >= 0.6 is 0 Å². The van der Waals surface area contributed by atoms with Gasteiger partial charge in [0.25, 0.3) is 0 Å². The van der Waals surface area contributed by atoms with Crippen molar-refractivity contribution in [1.29, 1.82) is 0 Å². The number of carbonyl (C=O) groups is 1. The predicted octanol–water partition coefficient (Wildman–Crippen LogP) is 2.32. The smallest absolute Gasteiger partial charge is 0.339 e. The Morgan fingerprint density at radius 2 is 1.64 bits per heavy atom. The summed E-state index contributed by atoms with van der Waals surface area (Å²) in [5.41, 5.74) is -0.0671. The van der Waals surface area contributed by atoms with Gasteiger partial charge in [0.15, 0.2) is 0 Å². The Kier molecular flexibility index (Phi) is 10.4. The molecule has 0 spiro atoms. The molecule has 0 fully saturated rings. The van der Waals surface area contributed by atoms with E-state index in [1.165, 1.54) is 19.0 Å². The number of aromatic carboxylic acids is 1. The van der Waals surface area contributed by atoms with Crippen molar-refractivity contribution in [2.24, 2.45) is 0 Å². The number of carboxylic acids is 1. The van der Waals surface area contributed by atoms with Crippen molar-refractivity contribution in [3.63, 3.8) is 0 Å². The number of hydrogen-bond acceptors (Lipinski definition) is 2. The minimum Gasteiger partial charge on any atom is -0.507 e. The molecule has 0 saturated heterocycles. The molecule has 0 bridgehead atoms. The number of aromatic hydroxyl groups is 1. The van der Waals surface area contributed by atoms with E-state index in [-0.39, 0.29) is 11.3 Å². The van der Waals surface area contributed by atoms with Crippen molar-refractivity contribution in [3.05, 3.63) is 29.8 Å². The van der Waals surface area contributed by atoms with E-state index in [0.717, 1.165) is 0 Å². The lowest BCUT2D eigenvalue weighted by Crippen LogP contribution is -1.95. The summed E-state index contributed by atoms with van der Waals surface area (Å²) in [7, 11) is 4.50. The van der Waals surface area contributed by atoms with E-state index in [4.69, 9.17) is 10.2 Å². The summed E-state index contributed by atoms with van der Waals surface area (Å²) in [6.45, 7) is 5.50. The van der Waals surface area contributed by atoms with Crippen LogP contribution in [0.1, 0.15) is 24.2 Å². The van der Waals surface area contributed by atoms with E-state index in [9.17, 15) is 4.79 Å². The first-order chi connectivity index (χ1) is 6.72. The minimum atomic E-state index is -1.11. The molecule has 0 aliphatic carbocycles. The van der Waals surface area contributed by atoms with Gasteiger partial charge in [-0.25, -0.2) is 4.79 Å². The molecular weight excluding hydrogens is 179 g/mol. The van der Waals surface area contributed by atoms with Gasteiger partial charge < -0.3 is 10.2 Å². The lowest BCUT2D eigenvalue weighted by atomic mass is 10.2. The third-order valence-corrected chi connectivity index (χ3v) is 1.13. The summed E-state index contributed by atoms with van der Waals surface area (Å²) >= 11 is 0. The van der Waals surface area contributed by atoms with Gasteiger partial charge in [-0.3, -0.25) is 0 Å². The second-order valence-corrected chi connectivity index (χ2v) is 1.82. The van der Waals surface area contributed by atoms with Crippen LogP contribution in [0, 0.1) is 0 Å². The van der Waals surface area contributed by atoms with Gasteiger partial charge >= 0.3 is 5.97 Å². The van der Waals surface area contributed by atoms with Crippen LogP contribution in [0.4, 0.5) is 0 Å². The molecule has 1 aromatic rings. The SMILES string of the molecule is CC.O=C(O)c1ccccc1O.[B]C. The third kappa shape index (κ3) is 5.24. The molecule has 1 aromatic carbocycles. The van der Waals surface area contributed by atoms with Crippen LogP contribution in [-0.4, -0.2) is 24.0 Å². The molecule has 2 N–H and O–H groups in total. The quantitative estimate of drug-likeness (QED) is 0.674. The van der Waals surface area contributed by atoms with Gasteiger partial charge in [-0.05, 0) is 12.1 Å². The van der Waals surface area contributed by atoms with Crippen molar-refractivity contribution >= 4 is 13.8 Å². The van der Waals surface area contributed by atoms with E-state index in [2.05, 4.69) is 7.85 Å². The highest BCUT2D eigenvalue weighted by Gasteiger charge is 2.05. The summed E-state index contributed by atoms with van der Waals surface area (Å²) in [6, 6.07) is 5.81. The lowest BCUT2D eigenvalue weighted by molar-refractivity contribution is 0.0694. The molecule has 76 valence electrons. The molecule has 0 aromatic heterocycles. The molecule has 3 nitrogen and oxygen atoms in total.